The number of likely N-dealkylation sites (tertiary alicyclic amines) is 1. The Morgan fingerprint density at radius 1 is 1.31 bits per heavy atom. The van der Waals surface area contributed by atoms with E-state index in [1.165, 1.54) is 0 Å². The van der Waals surface area contributed by atoms with Gasteiger partial charge in [-0.25, -0.2) is 9.48 Å². The first kappa shape index (κ1) is 18.9. The second-order valence-corrected chi connectivity index (χ2v) is 9.82. The lowest BCUT2D eigenvalue weighted by atomic mass is 9.78. The molecule has 5 heterocycles. The fourth-order valence-electron chi connectivity index (χ4n) is 4.18. The molecule has 0 bridgehead atoms. The summed E-state index contributed by atoms with van der Waals surface area (Å²) in [7, 11) is 0. The van der Waals surface area contributed by atoms with E-state index in [2.05, 4.69) is 20.0 Å². The van der Waals surface area contributed by atoms with Crippen LogP contribution in [0.2, 0.25) is 5.28 Å². The third-order valence-electron chi connectivity index (χ3n) is 5.66. The topological polar surface area (TPSA) is 85.6 Å². The molecule has 1 amide bonds. The maximum absolute atomic E-state index is 12.1. The van der Waals surface area contributed by atoms with Crippen LogP contribution in [0.5, 0.6) is 0 Å². The number of hydrogen-bond acceptors (Lipinski definition) is 7. The van der Waals surface area contributed by atoms with Crippen molar-refractivity contribution in [1.82, 2.24) is 24.6 Å². The van der Waals surface area contributed by atoms with Crippen LogP contribution in [0.1, 0.15) is 20.8 Å². The van der Waals surface area contributed by atoms with E-state index in [-0.39, 0.29) is 16.8 Å². The second kappa shape index (κ2) is 6.43. The van der Waals surface area contributed by atoms with Gasteiger partial charge in [-0.2, -0.15) is 15.1 Å². The smallest absolute Gasteiger partial charge is 0.410 e. The van der Waals surface area contributed by atoms with Crippen LogP contribution >= 0.6 is 11.6 Å². The van der Waals surface area contributed by atoms with Gasteiger partial charge in [0, 0.05) is 38.6 Å². The fourth-order valence-corrected chi connectivity index (χ4v) is 4.34. The van der Waals surface area contributed by atoms with E-state index in [0.29, 0.717) is 25.6 Å². The third-order valence-corrected chi connectivity index (χ3v) is 5.83. The number of anilines is 1. The zero-order chi connectivity index (χ0) is 20.4. The molecular weight excluding hydrogens is 396 g/mol. The maximum atomic E-state index is 12.1. The molecule has 0 atom stereocenters. The minimum Gasteiger partial charge on any atom is -0.444 e. The SMILES string of the molecule is CC(C)(C)OC(=O)N1CC(Cn2ncc3c(N4CC5(COC5)C4)nc(Cl)nc32)C1. The van der Waals surface area contributed by atoms with E-state index in [9.17, 15) is 4.79 Å². The summed E-state index contributed by atoms with van der Waals surface area (Å²) in [5, 5.41) is 5.66. The first-order valence-electron chi connectivity index (χ1n) is 9.91. The molecule has 29 heavy (non-hydrogen) atoms. The summed E-state index contributed by atoms with van der Waals surface area (Å²) in [5.74, 6) is 1.15. The van der Waals surface area contributed by atoms with Gasteiger partial charge < -0.3 is 19.3 Å². The molecule has 156 valence electrons. The van der Waals surface area contributed by atoms with Crippen molar-refractivity contribution < 1.29 is 14.3 Å². The van der Waals surface area contributed by atoms with E-state index in [0.717, 1.165) is 43.2 Å². The fraction of sp³-hybridized carbons (Fsp3) is 0.684. The van der Waals surface area contributed by atoms with Crippen LogP contribution in [0.25, 0.3) is 11.0 Å². The van der Waals surface area contributed by atoms with Gasteiger partial charge in [-0.15, -0.1) is 0 Å². The Balaban J connectivity index is 1.27. The Hall–Kier alpha value is -2.13. The largest absolute Gasteiger partial charge is 0.444 e. The summed E-state index contributed by atoms with van der Waals surface area (Å²) in [5.41, 5.74) is 0.545. The predicted molar refractivity (Wildman–Crippen MR) is 107 cm³/mol. The zero-order valence-corrected chi connectivity index (χ0v) is 17.6. The van der Waals surface area contributed by atoms with Gasteiger partial charge in [0.25, 0.3) is 0 Å². The number of carbonyl (C=O) groups is 1. The molecule has 2 aromatic rings. The molecule has 10 heteroatoms. The third kappa shape index (κ3) is 3.40. The first-order chi connectivity index (χ1) is 13.7. The van der Waals surface area contributed by atoms with Gasteiger partial charge in [-0.05, 0) is 32.4 Å². The molecule has 0 aromatic carbocycles. The monoisotopic (exact) mass is 420 g/mol. The van der Waals surface area contributed by atoms with Gasteiger partial charge in [0.15, 0.2) is 5.65 Å². The lowest BCUT2D eigenvalue weighted by Crippen LogP contribution is -2.66. The molecule has 5 rings (SSSR count). The molecule has 0 saturated carbocycles. The number of hydrogen-bond donors (Lipinski definition) is 0. The first-order valence-corrected chi connectivity index (χ1v) is 10.3. The lowest BCUT2D eigenvalue weighted by molar-refractivity contribution is -0.127. The summed E-state index contributed by atoms with van der Waals surface area (Å²) >= 11 is 6.22. The number of rotatable bonds is 3. The quantitative estimate of drug-likeness (QED) is 0.703. The average Bonchev–Trinajstić information content (AvgIpc) is 2.88. The van der Waals surface area contributed by atoms with Gasteiger partial charge in [0.05, 0.1) is 30.2 Å². The van der Waals surface area contributed by atoms with Gasteiger partial charge in [-0.1, -0.05) is 0 Å². The van der Waals surface area contributed by atoms with Crippen molar-refractivity contribution in [2.24, 2.45) is 11.3 Å². The van der Waals surface area contributed by atoms with E-state index >= 15 is 0 Å². The highest BCUT2D eigenvalue weighted by Crippen LogP contribution is 2.41. The van der Waals surface area contributed by atoms with Crippen molar-refractivity contribution in [3.63, 3.8) is 0 Å². The molecule has 3 aliphatic rings. The van der Waals surface area contributed by atoms with E-state index < -0.39 is 5.60 Å². The maximum Gasteiger partial charge on any atom is 0.410 e. The Kier molecular flexibility index (Phi) is 4.19. The van der Waals surface area contributed by atoms with Gasteiger partial charge >= 0.3 is 6.09 Å². The Morgan fingerprint density at radius 3 is 2.66 bits per heavy atom. The number of ether oxygens (including phenoxy) is 2. The molecule has 0 radical (unpaired) electrons. The molecule has 0 unspecified atom stereocenters. The summed E-state index contributed by atoms with van der Waals surface area (Å²) in [6, 6.07) is 0. The van der Waals surface area contributed by atoms with Crippen molar-refractivity contribution in [3.05, 3.63) is 11.5 Å². The summed E-state index contributed by atoms with van der Waals surface area (Å²) < 4.78 is 12.6. The second-order valence-electron chi connectivity index (χ2n) is 9.48. The summed E-state index contributed by atoms with van der Waals surface area (Å²) in [6.07, 6.45) is 1.55. The van der Waals surface area contributed by atoms with Crippen LogP contribution in [0.3, 0.4) is 0 Å². The van der Waals surface area contributed by atoms with Gasteiger partial charge in [0.2, 0.25) is 5.28 Å². The minimum atomic E-state index is -0.481. The highest BCUT2D eigenvalue weighted by Gasteiger charge is 2.50. The van der Waals surface area contributed by atoms with Crippen molar-refractivity contribution >= 4 is 34.5 Å². The van der Waals surface area contributed by atoms with Crippen molar-refractivity contribution in [1.29, 1.82) is 0 Å². The Bertz CT molecular complexity index is 953. The van der Waals surface area contributed by atoms with Crippen molar-refractivity contribution in [2.45, 2.75) is 32.9 Å². The summed E-state index contributed by atoms with van der Waals surface area (Å²) in [4.78, 5) is 24.9. The molecule has 9 nitrogen and oxygen atoms in total. The Labute approximate surface area is 173 Å². The molecule has 3 aliphatic heterocycles. The van der Waals surface area contributed by atoms with Crippen LogP contribution in [0.4, 0.5) is 10.6 Å². The molecule has 3 saturated heterocycles. The molecule has 2 aromatic heterocycles. The molecule has 3 fully saturated rings. The van der Waals surface area contributed by atoms with E-state index in [1.807, 2.05) is 31.6 Å². The molecular formula is C19H25ClN6O3. The van der Waals surface area contributed by atoms with Gasteiger partial charge in [-0.3, -0.25) is 0 Å². The highest BCUT2D eigenvalue weighted by atomic mass is 35.5. The van der Waals surface area contributed by atoms with Crippen LogP contribution in [0, 0.1) is 11.3 Å². The number of fused-ring (bicyclic) bond motifs is 1. The van der Waals surface area contributed by atoms with Crippen LogP contribution in [0.15, 0.2) is 6.20 Å². The highest BCUT2D eigenvalue weighted by molar-refractivity contribution is 6.28. The normalized spacial score (nSPS) is 21.1. The van der Waals surface area contributed by atoms with Crippen LogP contribution in [-0.4, -0.2) is 75.7 Å². The number of nitrogens with zero attached hydrogens (tertiary/aromatic N) is 6. The zero-order valence-electron chi connectivity index (χ0n) is 16.9. The van der Waals surface area contributed by atoms with E-state index in [1.54, 1.807) is 4.90 Å². The molecule has 0 N–H and O–H groups in total. The number of halogens is 1. The standard InChI is InChI=1S/C19H25ClN6O3/c1-18(2,3)29-17(27)24-5-12(6-24)7-26-15-13(4-21-26)14(22-16(20)23-15)25-8-19(9-25)10-28-11-19/h4,12H,5-11H2,1-3H3. The van der Waals surface area contributed by atoms with Crippen molar-refractivity contribution in [3.8, 4) is 0 Å². The van der Waals surface area contributed by atoms with E-state index in [4.69, 9.17) is 21.1 Å². The van der Waals surface area contributed by atoms with Crippen LogP contribution in [-0.2, 0) is 16.0 Å². The van der Waals surface area contributed by atoms with Gasteiger partial charge in [0.1, 0.15) is 11.4 Å². The summed E-state index contributed by atoms with van der Waals surface area (Å²) in [6.45, 7) is 11.1. The minimum absolute atomic E-state index is 0.226. The number of aromatic nitrogens is 4. The number of carbonyl (C=O) groups excluding carboxylic acids is 1. The molecule has 1 spiro atoms. The number of amides is 1. The average molecular weight is 421 g/mol. The predicted octanol–water partition coefficient (Wildman–Crippen LogP) is 2.18. The lowest BCUT2D eigenvalue weighted by Gasteiger charge is -2.55. The van der Waals surface area contributed by atoms with Crippen LogP contribution < -0.4 is 4.90 Å². The Morgan fingerprint density at radius 2 is 2.03 bits per heavy atom. The molecule has 0 aliphatic carbocycles. The van der Waals surface area contributed by atoms with Crippen molar-refractivity contribution in [2.75, 3.05) is 44.3 Å².